The fourth-order valence-electron chi connectivity index (χ4n) is 0.791. The summed E-state index contributed by atoms with van der Waals surface area (Å²) in [6.45, 7) is 0. The first kappa shape index (κ1) is 12.6. The van der Waals surface area contributed by atoms with E-state index in [0.717, 1.165) is 8.95 Å². The maximum Gasteiger partial charge on any atom is 0.309 e. The first-order valence-electron chi connectivity index (χ1n) is 3.34. The van der Waals surface area contributed by atoms with E-state index in [-0.39, 0.29) is 6.42 Å². The van der Waals surface area contributed by atoms with Crippen molar-refractivity contribution in [1.82, 2.24) is 4.98 Å². The Morgan fingerprint density at radius 2 is 1.71 bits per heavy atom. The van der Waals surface area contributed by atoms with Crippen molar-refractivity contribution >= 4 is 69.7 Å². The highest BCUT2D eigenvalue weighted by Gasteiger charge is 2.15. The lowest BCUT2D eigenvalue weighted by atomic mass is 10.3. The molecule has 0 saturated carbocycles. The summed E-state index contributed by atoms with van der Waals surface area (Å²) in [5.41, 5.74) is 0.472. The largest absolute Gasteiger partial charge is 0.481 e. The molecule has 76 valence electrons. The minimum Gasteiger partial charge on any atom is -0.481 e. The van der Waals surface area contributed by atoms with Gasteiger partial charge in [-0.2, -0.15) is 0 Å². The molecule has 0 saturated heterocycles. The van der Waals surface area contributed by atoms with Crippen LogP contribution in [-0.4, -0.2) is 16.1 Å². The summed E-state index contributed by atoms with van der Waals surface area (Å²) in [5, 5.41) is 8.64. The molecule has 1 aromatic rings. The van der Waals surface area contributed by atoms with E-state index in [0.29, 0.717) is 14.8 Å². The fraction of sp³-hybridized carbons (Fsp3) is 0.143. The topological polar surface area (TPSA) is 50.2 Å². The SMILES string of the molecule is O=C(O)Cc1nc(Br)c(Br)c(Br)c1Br. The Labute approximate surface area is 114 Å². The van der Waals surface area contributed by atoms with Gasteiger partial charge in [0, 0.05) is 0 Å². The molecule has 0 aliphatic rings. The van der Waals surface area contributed by atoms with Gasteiger partial charge in [0.05, 0.1) is 25.5 Å². The monoisotopic (exact) mass is 449 g/mol. The Kier molecular flexibility index (Phi) is 4.55. The van der Waals surface area contributed by atoms with Gasteiger partial charge in [-0.25, -0.2) is 4.98 Å². The van der Waals surface area contributed by atoms with Crippen molar-refractivity contribution in [3.63, 3.8) is 0 Å². The van der Waals surface area contributed by atoms with Crippen molar-refractivity contribution in [3.8, 4) is 0 Å². The minimum absolute atomic E-state index is 0.120. The van der Waals surface area contributed by atoms with Crippen LogP contribution in [0.4, 0.5) is 0 Å². The van der Waals surface area contributed by atoms with Gasteiger partial charge in [0.1, 0.15) is 4.60 Å². The first-order valence-corrected chi connectivity index (χ1v) is 6.51. The molecular weight excluding hydrogens is 450 g/mol. The summed E-state index contributed by atoms with van der Waals surface area (Å²) in [6.07, 6.45) is -0.120. The molecule has 1 aromatic heterocycles. The number of carboxylic acid groups (broad SMARTS) is 1. The van der Waals surface area contributed by atoms with Crippen LogP contribution < -0.4 is 0 Å². The summed E-state index contributed by atoms with van der Waals surface area (Å²) < 4.78 is 2.72. The predicted octanol–water partition coefficient (Wildman–Crippen LogP) is 3.76. The molecule has 7 heteroatoms. The fourth-order valence-corrected chi connectivity index (χ4v) is 2.87. The number of aromatic nitrogens is 1. The standard InChI is InChI=1S/C7H3Br4NO2/c8-4-2(1-3(13)14)12-7(11)6(10)5(4)9/h1H2,(H,13,14). The van der Waals surface area contributed by atoms with Crippen LogP contribution in [0.25, 0.3) is 0 Å². The molecule has 0 spiro atoms. The normalized spacial score (nSPS) is 10.3. The van der Waals surface area contributed by atoms with Crippen LogP contribution in [0.1, 0.15) is 5.69 Å². The summed E-state index contributed by atoms with van der Waals surface area (Å²) in [4.78, 5) is 14.6. The molecule has 0 fully saturated rings. The van der Waals surface area contributed by atoms with Crippen LogP contribution in [0.5, 0.6) is 0 Å². The van der Waals surface area contributed by atoms with Crippen LogP contribution in [-0.2, 0) is 11.2 Å². The highest BCUT2D eigenvalue weighted by atomic mass is 79.9. The van der Waals surface area contributed by atoms with Crippen molar-refractivity contribution in [2.24, 2.45) is 0 Å². The number of carbonyl (C=O) groups is 1. The highest BCUT2D eigenvalue weighted by Crippen LogP contribution is 2.37. The third-order valence-corrected chi connectivity index (χ3v) is 5.96. The zero-order valence-corrected chi connectivity index (χ0v) is 12.9. The van der Waals surface area contributed by atoms with E-state index >= 15 is 0 Å². The van der Waals surface area contributed by atoms with Gasteiger partial charge in [-0.1, -0.05) is 0 Å². The zero-order valence-electron chi connectivity index (χ0n) is 6.52. The van der Waals surface area contributed by atoms with E-state index in [1.54, 1.807) is 0 Å². The number of carboxylic acids is 1. The van der Waals surface area contributed by atoms with Gasteiger partial charge in [-0.05, 0) is 63.7 Å². The third kappa shape index (κ3) is 2.77. The van der Waals surface area contributed by atoms with Gasteiger partial charge in [-0.3, -0.25) is 4.79 Å². The molecule has 1 heterocycles. The van der Waals surface area contributed by atoms with Crippen LogP contribution in [0, 0.1) is 0 Å². The van der Waals surface area contributed by atoms with Gasteiger partial charge in [0.2, 0.25) is 0 Å². The highest BCUT2D eigenvalue weighted by molar-refractivity contribution is 9.15. The van der Waals surface area contributed by atoms with Crippen molar-refractivity contribution in [1.29, 1.82) is 0 Å². The molecule has 0 aromatic carbocycles. The summed E-state index contributed by atoms with van der Waals surface area (Å²) in [6, 6.07) is 0. The van der Waals surface area contributed by atoms with Crippen LogP contribution in [0.2, 0.25) is 0 Å². The van der Waals surface area contributed by atoms with E-state index < -0.39 is 5.97 Å². The number of halogens is 4. The molecular formula is C7H3Br4NO2. The lowest BCUT2D eigenvalue weighted by Gasteiger charge is -2.06. The van der Waals surface area contributed by atoms with E-state index in [1.165, 1.54) is 0 Å². The quantitative estimate of drug-likeness (QED) is 0.695. The van der Waals surface area contributed by atoms with Gasteiger partial charge in [-0.15, -0.1) is 0 Å². The average Bonchev–Trinajstić information content (AvgIpc) is 2.10. The molecule has 0 aliphatic heterocycles. The molecule has 1 rings (SSSR count). The predicted molar refractivity (Wildman–Crippen MR) is 66.4 cm³/mol. The van der Waals surface area contributed by atoms with Gasteiger partial charge < -0.3 is 5.11 Å². The van der Waals surface area contributed by atoms with Crippen LogP contribution in [0.3, 0.4) is 0 Å². The molecule has 0 radical (unpaired) electrons. The summed E-state index contributed by atoms with van der Waals surface area (Å²) in [7, 11) is 0. The maximum absolute atomic E-state index is 10.5. The second kappa shape index (κ2) is 5.05. The Bertz CT molecular complexity index is 394. The van der Waals surface area contributed by atoms with Crippen molar-refractivity contribution in [2.75, 3.05) is 0 Å². The number of hydrogen-bond acceptors (Lipinski definition) is 2. The van der Waals surface area contributed by atoms with E-state index in [2.05, 4.69) is 68.7 Å². The van der Waals surface area contributed by atoms with Crippen LogP contribution in [0.15, 0.2) is 18.0 Å². The number of pyridine rings is 1. The average molecular weight is 453 g/mol. The van der Waals surface area contributed by atoms with E-state index in [1.807, 2.05) is 0 Å². The lowest BCUT2D eigenvalue weighted by Crippen LogP contribution is -2.04. The van der Waals surface area contributed by atoms with Crippen molar-refractivity contribution in [3.05, 3.63) is 23.7 Å². The first-order chi connectivity index (χ1) is 6.43. The molecule has 0 aliphatic carbocycles. The van der Waals surface area contributed by atoms with Crippen molar-refractivity contribution < 1.29 is 9.90 Å². The Morgan fingerprint density at radius 1 is 1.14 bits per heavy atom. The number of aliphatic carboxylic acids is 1. The number of nitrogens with zero attached hydrogens (tertiary/aromatic N) is 1. The molecule has 0 amide bonds. The number of hydrogen-bond donors (Lipinski definition) is 1. The van der Waals surface area contributed by atoms with Gasteiger partial charge in [0.25, 0.3) is 0 Å². The van der Waals surface area contributed by atoms with Crippen LogP contribution >= 0.6 is 63.7 Å². The summed E-state index contributed by atoms with van der Waals surface area (Å²) in [5.74, 6) is -0.917. The second-order valence-electron chi connectivity index (χ2n) is 2.36. The third-order valence-electron chi connectivity index (χ3n) is 1.37. The Hall–Kier alpha value is 0.540. The molecule has 1 N–H and O–H groups in total. The Balaban J connectivity index is 3.25. The van der Waals surface area contributed by atoms with Gasteiger partial charge >= 0.3 is 5.97 Å². The molecule has 3 nitrogen and oxygen atoms in total. The number of rotatable bonds is 2. The smallest absolute Gasteiger partial charge is 0.309 e. The maximum atomic E-state index is 10.5. The molecule has 14 heavy (non-hydrogen) atoms. The Morgan fingerprint density at radius 3 is 2.21 bits per heavy atom. The van der Waals surface area contributed by atoms with E-state index in [9.17, 15) is 4.79 Å². The van der Waals surface area contributed by atoms with Gasteiger partial charge in [0.15, 0.2) is 0 Å². The molecule has 0 bridgehead atoms. The lowest BCUT2D eigenvalue weighted by molar-refractivity contribution is -0.136. The summed E-state index contributed by atoms with van der Waals surface area (Å²) >= 11 is 13.1. The molecule has 0 atom stereocenters. The minimum atomic E-state index is -0.917. The van der Waals surface area contributed by atoms with Crippen molar-refractivity contribution in [2.45, 2.75) is 6.42 Å². The zero-order chi connectivity index (χ0) is 10.9. The molecule has 0 unspecified atom stereocenters. The van der Waals surface area contributed by atoms with E-state index in [4.69, 9.17) is 5.11 Å². The second-order valence-corrected chi connectivity index (χ2v) is 5.49.